The fraction of sp³-hybridized carbons (Fsp3) is 0.533. The molecule has 1 fully saturated rings. The first-order chi connectivity index (χ1) is 10.1. The summed E-state index contributed by atoms with van der Waals surface area (Å²) in [6.45, 7) is 1.62. The van der Waals surface area contributed by atoms with E-state index in [1.807, 2.05) is 0 Å². The molecule has 0 radical (unpaired) electrons. The highest BCUT2D eigenvalue weighted by Gasteiger charge is 2.23. The second-order valence-corrected chi connectivity index (χ2v) is 6.04. The van der Waals surface area contributed by atoms with Crippen molar-refractivity contribution >= 4 is 29.1 Å². The quantitative estimate of drug-likeness (QED) is 0.902. The molecule has 1 N–H and O–H groups in total. The van der Waals surface area contributed by atoms with Gasteiger partial charge in [0.1, 0.15) is 5.75 Å². The molecular formula is C15H19Cl2NO3. The van der Waals surface area contributed by atoms with Crippen molar-refractivity contribution in [3.05, 3.63) is 28.2 Å². The van der Waals surface area contributed by atoms with Crippen LogP contribution in [0.2, 0.25) is 10.0 Å². The predicted molar refractivity (Wildman–Crippen MR) is 83.0 cm³/mol. The van der Waals surface area contributed by atoms with Crippen molar-refractivity contribution in [3.8, 4) is 5.75 Å². The zero-order valence-corrected chi connectivity index (χ0v) is 13.2. The summed E-state index contributed by atoms with van der Waals surface area (Å²) in [6, 6.07) is 4.93. The maximum absolute atomic E-state index is 12.2. The molecule has 0 aliphatic carbocycles. The summed E-state index contributed by atoms with van der Waals surface area (Å²) < 4.78 is 5.47. The Morgan fingerprint density at radius 1 is 1.38 bits per heavy atom. The minimum atomic E-state index is -0.0382. The lowest BCUT2D eigenvalue weighted by Gasteiger charge is -2.32. The van der Waals surface area contributed by atoms with Crippen LogP contribution in [0, 0.1) is 5.92 Å². The van der Waals surface area contributed by atoms with E-state index in [1.54, 1.807) is 23.1 Å². The Balaban J connectivity index is 1.84. The summed E-state index contributed by atoms with van der Waals surface area (Å²) in [7, 11) is 0. The summed E-state index contributed by atoms with van der Waals surface area (Å²) in [5.41, 5.74) is 0. The lowest BCUT2D eigenvalue weighted by Crippen LogP contribution is -2.42. The van der Waals surface area contributed by atoms with Gasteiger partial charge in [-0.25, -0.2) is 0 Å². The molecule has 0 bridgehead atoms. The highest BCUT2D eigenvalue weighted by Crippen LogP contribution is 2.26. The van der Waals surface area contributed by atoms with Gasteiger partial charge in [-0.2, -0.15) is 0 Å². The Morgan fingerprint density at radius 2 is 2.19 bits per heavy atom. The molecule has 1 heterocycles. The number of nitrogens with zero attached hydrogens (tertiary/aromatic N) is 1. The number of carbonyl (C=O) groups is 1. The van der Waals surface area contributed by atoms with E-state index in [0.29, 0.717) is 28.3 Å². The van der Waals surface area contributed by atoms with Crippen LogP contribution in [0.1, 0.15) is 19.3 Å². The minimum absolute atomic E-state index is 0.0101. The second-order valence-electron chi connectivity index (χ2n) is 5.22. The van der Waals surface area contributed by atoms with Gasteiger partial charge in [-0.05, 0) is 37.3 Å². The molecule has 116 valence electrons. The fourth-order valence-corrected chi connectivity index (χ4v) is 2.80. The number of hydrogen-bond donors (Lipinski definition) is 1. The van der Waals surface area contributed by atoms with Crippen LogP contribution in [-0.4, -0.2) is 42.2 Å². The van der Waals surface area contributed by atoms with E-state index in [2.05, 4.69) is 0 Å². The molecular weight excluding hydrogens is 313 g/mol. The first-order valence-corrected chi connectivity index (χ1v) is 7.82. The van der Waals surface area contributed by atoms with Gasteiger partial charge < -0.3 is 14.7 Å². The Hall–Kier alpha value is -0.970. The summed E-state index contributed by atoms with van der Waals surface area (Å²) in [5, 5.41) is 9.85. The fourth-order valence-electron chi connectivity index (χ4n) is 2.51. The molecule has 2 rings (SSSR count). The summed E-state index contributed by atoms with van der Waals surface area (Å²) >= 11 is 11.7. The normalized spacial score (nSPS) is 18.6. The van der Waals surface area contributed by atoms with E-state index in [4.69, 9.17) is 33.0 Å². The molecule has 1 aromatic carbocycles. The number of piperidine rings is 1. The van der Waals surface area contributed by atoms with Crippen molar-refractivity contribution in [2.24, 2.45) is 5.92 Å². The molecule has 1 atom stereocenters. The number of ether oxygens (including phenoxy) is 1. The van der Waals surface area contributed by atoms with Crippen LogP contribution in [0.25, 0.3) is 0 Å². The van der Waals surface area contributed by atoms with Crippen molar-refractivity contribution in [3.63, 3.8) is 0 Å². The van der Waals surface area contributed by atoms with E-state index < -0.39 is 0 Å². The molecule has 1 aromatic rings. The SMILES string of the molecule is O=C(COc1ccc(Cl)c(Cl)c1)N1CCCC(CCO)C1. The number of amides is 1. The third-order valence-corrected chi connectivity index (χ3v) is 4.40. The zero-order valence-electron chi connectivity index (χ0n) is 11.7. The van der Waals surface area contributed by atoms with Crippen LogP contribution in [0.4, 0.5) is 0 Å². The molecule has 0 spiro atoms. The van der Waals surface area contributed by atoms with Gasteiger partial charge in [0.2, 0.25) is 0 Å². The van der Waals surface area contributed by atoms with Crippen LogP contribution in [0.5, 0.6) is 5.75 Å². The third kappa shape index (κ3) is 4.77. The van der Waals surface area contributed by atoms with Crippen LogP contribution >= 0.6 is 23.2 Å². The Labute approximate surface area is 134 Å². The monoisotopic (exact) mass is 331 g/mol. The van der Waals surface area contributed by atoms with E-state index in [1.165, 1.54) is 0 Å². The molecule has 1 saturated heterocycles. The average Bonchev–Trinajstić information content (AvgIpc) is 2.49. The molecule has 4 nitrogen and oxygen atoms in total. The van der Waals surface area contributed by atoms with Gasteiger partial charge in [-0.3, -0.25) is 4.79 Å². The van der Waals surface area contributed by atoms with E-state index >= 15 is 0 Å². The maximum atomic E-state index is 12.2. The van der Waals surface area contributed by atoms with E-state index in [0.717, 1.165) is 25.8 Å². The first kappa shape index (κ1) is 16.4. The highest BCUT2D eigenvalue weighted by atomic mass is 35.5. The Morgan fingerprint density at radius 3 is 2.90 bits per heavy atom. The number of aliphatic hydroxyl groups is 1. The zero-order chi connectivity index (χ0) is 15.2. The molecule has 6 heteroatoms. The van der Waals surface area contributed by atoms with Gasteiger partial charge in [0.25, 0.3) is 5.91 Å². The number of benzene rings is 1. The number of likely N-dealkylation sites (tertiary alicyclic amines) is 1. The van der Waals surface area contributed by atoms with Gasteiger partial charge in [0.15, 0.2) is 6.61 Å². The molecule has 1 aliphatic rings. The highest BCUT2D eigenvalue weighted by molar-refractivity contribution is 6.42. The molecule has 0 aromatic heterocycles. The van der Waals surface area contributed by atoms with Crippen molar-refractivity contribution in [2.45, 2.75) is 19.3 Å². The Bertz CT molecular complexity index is 494. The maximum Gasteiger partial charge on any atom is 0.260 e. The average molecular weight is 332 g/mol. The molecule has 1 aliphatic heterocycles. The van der Waals surface area contributed by atoms with Gasteiger partial charge >= 0.3 is 0 Å². The number of aliphatic hydroxyl groups excluding tert-OH is 1. The largest absolute Gasteiger partial charge is 0.484 e. The summed E-state index contributed by atoms with van der Waals surface area (Å²) in [5.74, 6) is 0.878. The van der Waals surface area contributed by atoms with Crippen LogP contribution in [-0.2, 0) is 4.79 Å². The topological polar surface area (TPSA) is 49.8 Å². The Kier molecular flexibility index (Phi) is 6.15. The lowest BCUT2D eigenvalue weighted by molar-refractivity contribution is -0.135. The first-order valence-electron chi connectivity index (χ1n) is 7.06. The van der Waals surface area contributed by atoms with Crippen LogP contribution in [0.15, 0.2) is 18.2 Å². The van der Waals surface area contributed by atoms with E-state index in [9.17, 15) is 4.79 Å². The summed E-state index contributed by atoms with van der Waals surface area (Å²) in [6.07, 6.45) is 2.79. The molecule has 0 saturated carbocycles. The second kappa shape index (κ2) is 7.87. The smallest absolute Gasteiger partial charge is 0.260 e. The third-order valence-electron chi connectivity index (χ3n) is 3.66. The number of halogens is 2. The van der Waals surface area contributed by atoms with Crippen molar-refractivity contribution in [2.75, 3.05) is 26.3 Å². The van der Waals surface area contributed by atoms with Gasteiger partial charge in [-0.15, -0.1) is 0 Å². The lowest BCUT2D eigenvalue weighted by atomic mass is 9.95. The minimum Gasteiger partial charge on any atom is -0.484 e. The van der Waals surface area contributed by atoms with E-state index in [-0.39, 0.29) is 19.1 Å². The molecule has 1 amide bonds. The van der Waals surface area contributed by atoms with Crippen LogP contribution < -0.4 is 4.74 Å². The number of carbonyl (C=O) groups excluding carboxylic acids is 1. The molecule has 1 unspecified atom stereocenters. The standard InChI is InChI=1S/C15H19Cl2NO3/c16-13-4-3-12(8-14(13)17)21-10-15(20)18-6-1-2-11(9-18)5-7-19/h3-4,8,11,19H,1-2,5-7,9-10H2. The molecule has 21 heavy (non-hydrogen) atoms. The van der Waals surface area contributed by atoms with Gasteiger partial charge in [-0.1, -0.05) is 23.2 Å². The number of hydrogen-bond acceptors (Lipinski definition) is 3. The van der Waals surface area contributed by atoms with Gasteiger partial charge in [0, 0.05) is 25.8 Å². The van der Waals surface area contributed by atoms with Crippen molar-refractivity contribution in [1.82, 2.24) is 4.90 Å². The number of rotatable bonds is 5. The summed E-state index contributed by atoms with van der Waals surface area (Å²) in [4.78, 5) is 14.0. The van der Waals surface area contributed by atoms with Crippen molar-refractivity contribution < 1.29 is 14.6 Å². The predicted octanol–water partition coefficient (Wildman–Crippen LogP) is 2.99. The van der Waals surface area contributed by atoms with Gasteiger partial charge in [0.05, 0.1) is 10.0 Å². The van der Waals surface area contributed by atoms with Crippen molar-refractivity contribution in [1.29, 1.82) is 0 Å². The van der Waals surface area contributed by atoms with Crippen LogP contribution in [0.3, 0.4) is 0 Å².